The molecule has 5 heteroatoms. The highest BCUT2D eigenvalue weighted by Crippen LogP contribution is 2.22. The molecule has 4 nitrogen and oxygen atoms in total. The second kappa shape index (κ2) is 8.39. The van der Waals surface area contributed by atoms with Crippen molar-refractivity contribution in [2.24, 2.45) is 4.99 Å². The zero-order chi connectivity index (χ0) is 19.3. The molecule has 0 saturated carbocycles. The molecule has 0 aromatic heterocycles. The quantitative estimate of drug-likeness (QED) is 0.286. The molecule has 28 heavy (non-hydrogen) atoms. The van der Waals surface area contributed by atoms with E-state index in [4.69, 9.17) is 9.47 Å². The van der Waals surface area contributed by atoms with Gasteiger partial charge in [-0.1, -0.05) is 42.5 Å². The Hall–Kier alpha value is -2.93. The average molecular weight is 481 g/mol. The van der Waals surface area contributed by atoms with Gasteiger partial charge in [-0.2, -0.15) is 0 Å². The molecule has 0 N–H and O–H groups in total. The van der Waals surface area contributed by atoms with E-state index in [1.165, 1.54) is 3.57 Å². The lowest BCUT2D eigenvalue weighted by Crippen LogP contribution is -2.04. The van der Waals surface area contributed by atoms with E-state index in [-0.39, 0.29) is 5.70 Å². The molecule has 0 aliphatic carbocycles. The molecule has 0 unspecified atom stereocenters. The molecule has 3 aromatic carbocycles. The van der Waals surface area contributed by atoms with Gasteiger partial charge in [0.25, 0.3) is 0 Å². The predicted molar refractivity (Wildman–Crippen MR) is 117 cm³/mol. The number of hydrogen-bond donors (Lipinski definition) is 0. The van der Waals surface area contributed by atoms with Crippen LogP contribution in [0.1, 0.15) is 16.7 Å². The predicted octanol–water partition coefficient (Wildman–Crippen LogP) is 5.21. The highest BCUT2D eigenvalue weighted by atomic mass is 127. The number of rotatable bonds is 5. The molecule has 1 aliphatic heterocycles. The van der Waals surface area contributed by atoms with E-state index < -0.39 is 5.97 Å². The van der Waals surface area contributed by atoms with Crippen LogP contribution >= 0.6 is 22.6 Å². The number of cyclic esters (lactones) is 1. The van der Waals surface area contributed by atoms with Gasteiger partial charge in [-0.15, -0.1) is 0 Å². The van der Waals surface area contributed by atoms with Crippen LogP contribution in [0.4, 0.5) is 0 Å². The second-order valence-electron chi connectivity index (χ2n) is 6.19. The van der Waals surface area contributed by atoms with E-state index in [0.29, 0.717) is 12.5 Å². The first-order chi connectivity index (χ1) is 13.7. The summed E-state index contributed by atoms with van der Waals surface area (Å²) in [7, 11) is 0. The van der Waals surface area contributed by atoms with Crippen LogP contribution in [0.25, 0.3) is 6.08 Å². The smallest absolute Gasteiger partial charge is 0.363 e. The molecule has 0 bridgehead atoms. The molecule has 1 heterocycles. The van der Waals surface area contributed by atoms with Crippen molar-refractivity contribution in [2.45, 2.75) is 6.61 Å². The maximum Gasteiger partial charge on any atom is 0.363 e. The summed E-state index contributed by atoms with van der Waals surface area (Å²) in [6, 6.07) is 25.1. The summed E-state index contributed by atoms with van der Waals surface area (Å²) in [6.07, 6.45) is 1.70. The van der Waals surface area contributed by atoms with E-state index >= 15 is 0 Å². The van der Waals surface area contributed by atoms with Crippen LogP contribution in [0.15, 0.2) is 89.6 Å². The van der Waals surface area contributed by atoms with Gasteiger partial charge in [0.2, 0.25) is 5.90 Å². The third kappa shape index (κ3) is 4.48. The van der Waals surface area contributed by atoms with Gasteiger partial charge in [-0.25, -0.2) is 9.79 Å². The summed E-state index contributed by atoms with van der Waals surface area (Å²) >= 11 is 2.28. The highest BCUT2D eigenvalue weighted by Gasteiger charge is 2.23. The first-order valence-electron chi connectivity index (χ1n) is 8.73. The van der Waals surface area contributed by atoms with E-state index in [1.54, 1.807) is 6.08 Å². The van der Waals surface area contributed by atoms with E-state index in [2.05, 4.69) is 33.6 Å². The molecule has 1 aliphatic rings. The van der Waals surface area contributed by atoms with Crippen LogP contribution in [0.5, 0.6) is 5.75 Å². The Bertz CT molecular complexity index is 1070. The Balaban J connectivity index is 1.51. The largest absolute Gasteiger partial charge is 0.489 e. The maximum absolute atomic E-state index is 12.2. The first kappa shape index (κ1) is 18.4. The monoisotopic (exact) mass is 481 g/mol. The number of hydrogen-bond acceptors (Lipinski definition) is 4. The van der Waals surface area contributed by atoms with Crippen molar-refractivity contribution in [1.29, 1.82) is 0 Å². The van der Waals surface area contributed by atoms with Crippen molar-refractivity contribution in [3.8, 4) is 5.75 Å². The summed E-state index contributed by atoms with van der Waals surface area (Å²) in [6.45, 7) is 0.481. The molecule has 3 aromatic rings. The molecule has 0 atom stereocenters. The Labute approximate surface area is 176 Å². The summed E-state index contributed by atoms with van der Waals surface area (Å²) in [4.78, 5) is 16.5. The van der Waals surface area contributed by atoms with E-state index in [9.17, 15) is 4.79 Å². The standard InChI is InChI=1S/C23H16INO3/c24-19-10-4-7-17(12-19)15-27-20-11-5-6-16(13-20)14-21-23(26)28-22(25-21)18-8-2-1-3-9-18/h1-14H,15H2/b21-14-. The zero-order valence-electron chi connectivity index (χ0n) is 14.8. The first-order valence-corrected chi connectivity index (χ1v) is 9.80. The number of carbonyl (C=O) groups excluding carboxylic acids is 1. The minimum atomic E-state index is -0.455. The summed E-state index contributed by atoms with van der Waals surface area (Å²) in [5.41, 5.74) is 2.97. The molecule has 4 rings (SSSR count). The second-order valence-corrected chi connectivity index (χ2v) is 7.44. The van der Waals surface area contributed by atoms with Crippen molar-refractivity contribution < 1.29 is 14.3 Å². The minimum Gasteiger partial charge on any atom is -0.489 e. The van der Waals surface area contributed by atoms with Crippen molar-refractivity contribution in [2.75, 3.05) is 0 Å². The lowest BCUT2D eigenvalue weighted by atomic mass is 10.2. The van der Waals surface area contributed by atoms with Crippen LogP contribution in [0.3, 0.4) is 0 Å². The number of carbonyl (C=O) groups is 1. The van der Waals surface area contributed by atoms with Crippen LogP contribution in [0.2, 0.25) is 0 Å². The molecule has 0 amide bonds. The maximum atomic E-state index is 12.2. The molecule has 138 valence electrons. The van der Waals surface area contributed by atoms with Gasteiger partial charge in [0.15, 0.2) is 5.70 Å². The number of benzene rings is 3. The number of nitrogens with zero attached hydrogens (tertiary/aromatic N) is 1. The SMILES string of the molecule is O=C1OC(c2ccccc2)=N/C1=C\c1cccc(OCc2cccc(I)c2)c1. The fourth-order valence-corrected chi connectivity index (χ4v) is 3.37. The topological polar surface area (TPSA) is 47.9 Å². The lowest BCUT2D eigenvalue weighted by Gasteiger charge is -2.07. The van der Waals surface area contributed by atoms with Crippen molar-refractivity contribution >= 4 is 40.5 Å². The van der Waals surface area contributed by atoms with Crippen molar-refractivity contribution in [3.63, 3.8) is 0 Å². The molecule has 0 saturated heterocycles. The lowest BCUT2D eigenvalue weighted by molar-refractivity contribution is -0.129. The fourth-order valence-electron chi connectivity index (χ4n) is 2.76. The Kier molecular flexibility index (Phi) is 5.53. The van der Waals surface area contributed by atoms with Crippen LogP contribution in [-0.4, -0.2) is 11.9 Å². The van der Waals surface area contributed by atoms with Gasteiger partial charge in [-0.3, -0.25) is 0 Å². The molecular weight excluding hydrogens is 465 g/mol. The van der Waals surface area contributed by atoms with Crippen LogP contribution in [0, 0.1) is 3.57 Å². The van der Waals surface area contributed by atoms with E-state index in [1.807, 2.05) is 72.8 Å². The number of esters is 1. The number of aliphatic imine (C=N–C) groups is 1. The number of ether oxygens (including phenoxy) is 2. The van der Waals surface area contributed by atoms with E-state index in [0.717, 1.165) is 22.4 Å². The summed E-state index contributed by atoms with van der Waals surface area (Å²) < 4.78 is 12.3. The average Bonchev–Trinajstić information content (AvgIpc) is 3.08. The van der Waals surface area contributed by atoms with Gasteiger partial charge in [0.05, 0.1) is 0 Å². The van der Waals surface area contributed by atoms with Crippen molar-refractivity contribution in [1.82, 2.24) is 0 Å². The van der Waals surface area contributed by atoms with Gasteiger partial charge < -0.3 is 9.47 Å². The Morgan fingerprint density at radius 1 is 0.964 bits per heavy atom. The Morgan fingerprint density at radius 2 is 1.79 bits per heavy atom. The van der Waals surface area contributed by atoms with Gasteiger partial charge in [0, 0.05) is 9.13 Å². The minimum absolute atomic E-state index is 0.272. The number of halogens is 1. The Morgan fingerprint density at radius 3 is 2.61 bits per heavy atom. The van der Waals surface area contributed by atoms with Gasteiger partial charge in [0.1, 0.15) is 12.4 Å². The summed E-state index contributed by atoms with van der Waals surface area (Å²) in [5, 5.41) is 0. The summed E-state index contributed by atoms with van der Waals surface area (Å²) in [5.74, 6) is 0.596. The highest BCUT2D eigenvalue weighted by molar-refractivity contribution is 14.1. The molecule has 0 fully saturated rings. The molecule has 0 spiro atoms. The molecule has 0 radical (unpaired) electrons. The molecular formula is C23H16INO3. The van der Waals surface area contributed by atoms with Crippen LogP contribution < -0.4 is 4.74 Å². The third-order valence-corrected chi connectivity index (χ3v) is 4.77. The zero-order valence-corrected chi connectivity index (χ0v) is 17.0. The fraction of sp³-hybridized carbons (Fsp3) is 0.0435. The van der Waals surface area contributed by atoms with Crippen LogP contribution in [-0.2, 0) is 16.1 Å². The normalized spacial score (nSPS) is 14.7. The third-order valence-electron chi connectivity index (χ3n) is 4.10. The van der Waals surface area contributed by atoms with Gasteiger partial charge >= 0.3 is 5.97 Å². The van der Waals surface area contributed by atoms with Crippen molar-refractivity contribution in [3.05, 3.63) is 105 Å². The van der Waals surface area contributed by atoms with Gasteiger partial charge in [-0.05, 0) is 76.2 Å².